The maximum Gasteiger partial charge on any atom is 0.133 e. The summed E-state index contributed by atoms with van der Waals surface area (Å²) in [6.45, 7) is 0. The van der Waals surface area contributed by atoms with Gasteiger partial charge in [-0.15, -0.1) is 11.3 Å². The van der Waals surface area contributed by atoms with Crippen LogP contribution in [0.15, 0.2) is 113 Å². The van der Waals surface area contributed by atoms with Gasteiger partial charge in [-0.3, -0.25) is 0 Å². The SMILES string of the molecule is c1ccc2c[nH]cc2c1.c1ccc2occc2c1.c1ccc2sccc2c1. The lowest BCUT2D eigenvalue weighted by Gasteiger charge is -1.82. The predicted molar refractivity (Wildman–Crippen MR) is 116 cm³/mol. The van der Waals surface area contributed by atoms with Crippen molar-refractivity contribution in [3.8, 4) is 0 Å². The molecule has 132 valence electrons. The smallest absolute Gasteiger partial charge is 0.133 e. The normalized spacial score (nSPS) is 10.2. The molecule has 0 unspecified atom stereocenters. The Labute approximate surface area is 161 Å². The molecular formula is C24H19NOS. The number of hydrogen-bond donors (Lipinski definition) is 1. The van der Waals surface area contributed by atoms with Crippen molar-refractivity contribution in [3.05, 3.63) is 109 Å². The van der Waals surface area contributed by atoms with Crippen molar-refractivity contribution in [2.75, 3.05) is 0 Å². The summed E-state index contributed by atoms with van der Waals surface area (Å²) < 4.78 is 6.49. The van der Waals surface area contributed by atoms with Crippen LogP contribution in [0.4, 0.5) is 0 Å². The Hall–Kier alpha value is -3.30. The van der Waals surface area contributed by atoms with Crippen molar-refractivity contribution in [3.63, 3.8) is 0 Å². The fourth-order valence-electron chi connectivity index (χ4n) is 2.81. The summed E-state index contributed by atoms with van der Waals surface area (Å²) in [5.74, 6) is 0. The highest BCUT2D eigenvalue weighted by atomic mass is 32.1. The molecule has 0 spiro atoms. The van der Waals surface area contributed by atoms with E-state index in [1.807, 2.05) is 54.9 Å². The third-order valence-corrected chi connectivity index (χ3v) is 5.09. The highest BCUT2D eigenvalue weighted by Crippen LogP contribution is 2.18. The molecule has 2 nitrogen and oxygen atoms in total. The summed E-state index contributed by atoms with van der Waals surface area (Å²) in [6, 6.07) is 28.7. The van der Waals surface area contributed by atoms with Gasteiger partial charge in [0.05, 0.1) is 6.26 Å². The molecule has 0 radical (unpaired) electrons. The third kappa shape index (κ3) is 4.27. The zero-order valence-corrected chi connectivity index (χ0v) is 15.5. The molecule has 3 heteroatoms. The lowest BCUT2D eigenvalue weighted by Crippen LogP contribution is -1.57. The molecule has 0 fully saturated rings. The van der Waals surface area contributed by atoms with E-state index in [9.17, 15) is 0 Å². The molecule has 0 aliphatic heterocycles. The zero-order valence-electron chi connectivity index (χ0n) is 14.7. The standard InChI is InChI=1S/C8H7N.C8H6O.C8H6S/c1-2-4-8-6-9-5-7(8)3-1;2*1-2-4-8-7(3-1)5-6-9-8/h1-6,9H;2*1-6H. The molecule has 3 aromatic heterocycles. The Balaban J connectivity index is 0.0000001000. The van der Waals surface area contributed by atoms with E-state index >= 15 is 0 Å². The predicted octanol–water partition coefficient (Wildman–Crippen LogP) is 7.50. The minimum absolute atomic E-state index is 0.956. The van der Waals surface area contributed by atoms with Crippen LogP contribution in [-0.2, 0) is 0 Å². The Bertz CT molecular complexity index is 997. The number of benzene rings is 3. The number of para-hydroxylation sites is 1. The number of nitrogens with one attached hydrogen (secondary N) is 1. The van der Waals surface area contributed by atoms with Crippen molar-refractivity contribution >= 4 is 43.2 Å². The summed E-state index contributed by atoms with van der Waals surface area (Å²) in [5, 5.41) is 7.18. The van der Waals surface area contributed by atoms with E-state index in [-0.39, 0.29) is 0 Å². The highest BCUT2D eigenvalue weighted by molar-refractivity contribution is 7.17. The number of H-pyrrole nitrogens is 1. The molecule has 0 bridgehead atoms. The maximum absolute atomic E-state index is 5.12. The summed E-state index contributed by atoms with van der Waals surface area (Å²) in [4.78, 5) is 3.04. The van der Waals surface area contributed by atoms with E-state index in [4.69, 9.17) is 4.42 Å². The van der Waals surface area contributed by atoms with Crippen LogP contribution in [-0.4, -0.2) is 4.98 Å². The zero-order chi connectivity index (χ0) is 18.3. The number of fused-ring (bicyclic) bond motifs is 3. The molecule has 6 aromatic rings. The van der Waals surface area contributed by atoms with Crippen LogP contribution < -0.4 is 0 Å². The molecule has 0 atom stereocenters. The van der Waals surface area contributed by atoms with Crippen LogP contribution in [0.3, 0.4) is 0 Å². The first-order valence-electron chi connectivity index (χ1n) is 8.76. The molecule has 0 amide bonds. The van der Waals surface area contributed by atoms with Crippen LogP contribution >= 0.6 is 11.3 Å². The second kappa shape index (κ2) is 8.39. The third-order valence-electron chi connectivity index (χ3n) is 4.20. The van der Waals surface area contributed by atoms with Crippen molar-refractivity contribution in [2.45, 2.75) is 0 Å². The van der Waals surface area contributed by atoms with E-state index in [0.717, 1.165) is 11.0 Å². The van der Waals surface area contributed by atoms with E-state index in [0.29, 0.717) is 0 Å². The molecule has 1 N–H and O–H groups in total. The number of thiophene rings is 1. The lowest BCUT2D eigenvalue weighted by atomic mass is 10.2. The van der Waals surface area contributed by atoms with Gasteiger partial charge >= 0.3 is 0 Å². The van der Waals surface area contributed by atoms with Gasteiger partial charge in [-0.25, -0.2) is 0 Å². The Morgan fingerprint density at radius 3 is 1.93 bits per heavy atom. The van der Waals surface area contributed by atoms with Gasteiger partial charge in [0.25, 0.3) is 0 Å². The van der Waals surface area contributed by atoms with Crippen LogP contribution in [0.2, 0.25) is 0 Å². The second-order valence-electron chi connectivity index (χ2n) is 6.00. The average molecular weight is 369 g/mol. The van der Waals surface area contributed by atoms with E-state index in [2.05, 4.69) is 52.8 Å². The van der Waals surface area contributed by atoms with Gasteiger partial charge in [-0.1, -0.05) is 60.7 Å². The average Bonchev–Trinajstić information content (AvgIpc) is 3.48. The number of rotatable bonds is 0. The first kappa shape index (κ1) is 17.1. The summed E-state index contributed by atoms with van der Waals surface area (Å²) in [7, 11) is 0. The number of aromatic nitrogens is 1. The molecule has 6 rings (SSSR count). The van der Waals surface area contributed by atoms with Crippen LogP contribution in [0, 0.1) is 0 Å². The minimum Gasteiger partial charge on any atom is -0.464 e. The van der Waals surface area contributed by atoms with Crippen LogP contribution in [0.5, 0.6) is 0 Å². The first-order chi connectivity index (χ1) is 13.4. The molecule has 27 heavy (non-hydrogen) atoms. The van der Waals surface area contributed by atoms with Crippen LogP contribution in [0.1, 0.15) is 0 Å². The number of furan rings is 1. The monoisotopic (exact) mass is 369 g/mol. The van der Waals surface area contributed by atoms with Crippen molar-refractivity contribution in [1.29, 1.82) is 0 Å². The van der Waals surface area contributed by atoms with E-state index in [1.54, 1.807) is 17.6 Å². The Kier molecular flexibility index (Phi) is 5.32. The van der Waals surface area contributed by atoms with Gasteiger partial charge in [0.2, 0.25) is 0 Å². The van der Waals surface area contributed by atoms with Crippen molar-refractivity contribution < 1.29 is 4.42 Å². The van der Waals surface area contributed by atoms with Gasteiger partial charge in [0.1, 0.15) is 5.58 Å². The topological polar surface area (TPSA) is 28.9 Å². The largest absolute Gasteiger partial charge is 0.464 e. The van der Waals surface area contributed by atoms with E-state index in [1.165, 1.54) is 20.9 Å². The number of hydrogen-bond acceptors (Lipinski definition) is 2. The molecular weight excluding hydrogens is 350 g/mol. The fraction of sp³-hybridized carbons (Fsp3) is 0. The fourth-order valence-corrected chi connectivity index (χ4v) is 3.60. The molecule has 0 aliphatic rings. The van der Waals surface area contributed by atoms with Gasteiger partial charge in [-0.05, 0) is 45.8 Å². The molecule has 3 heterocycles. The summed E-state index contributed by atoms with van der Waals surface area (Å²) in [6.07, 6.45) is 5.69. The van der Waals surface area contributed by atoms with E-state index < -0.39 is 0 Å². The summed E-state index contributed by atoms with van der Waals surface area (Å²) >= 11 is 1.79. The Morgan fingerprint density at radius 1 is 0.593 bits per heavy atom. The van der Waals surface area contributed by atoms with Gasteiger partial charge < -0.3 is 9.40 Å². The molecule has 0 aliphatic carbocycles. The van der Waals surface area contributed by atoms with Crippen molar-refractivity contribution in [2.24, 2.45) is 0 Å². The van der Waals surface area contributed by atoms with Crippen LogP contribution in [0.25, 0.3) is 31.8 Å². The second-order valence-corrected chi connectivity index (χ2v) is 6.95. The highest BCUT2D eigenvalue weighted by Gasteiger charge is 1.90. The number of aromatic amines is 1. The molecule has 3 aromatic carbocycles. The van der Waals surface area contributed by atoms with Gasteiger partial charge in [-0.2, -0.15) is 0 Å². The van der Waals surface area contributed by atoms with Crippen molar-refractivity contribution in [1.82, 2.24) is 4.98 Å². The first-order valence-corrected chi connectivity index (χ1v) is 9.64. The molecule has 0 saturated heterocycles. The lowest BCUT2D eigenvalue weighted by molar-refractivity contribution is 0.616. The summed E-state index contributed by atoms with van der Waals surface area (Å²) in [5.41, 5.74) is 0.956. The van der Waals surface area contributed by atoms with Gasteiger partial charge in [0, 0.05) is 22.5 Å². The maximum atomic E-state index is 5.12. The minimum atomic E-state index is 0.956. The molecule has 0 saturated carbocycles. The quantitative estimate of drug-likeness (QED) is 0.295. The Morgan fingerprint density at radius 2 is 1.22 bits per heavy atom. The van der Waals surface area contributed by atoms with Gasteiger partial charge in [0.15, 0.2) is 0 Å².